The fourth-order valence-electron chi connectivity index (χ4n) is 0.920. The van der Waals surface area contributed by atoms with E-state index in [2.05, 4.69) is 4.99 Å². The van der Waals surface area contributed by atoms with Gasteiger partial charge >= 0.3 is 11.9 Å². The van der Waals surface area contributed by atoms with Crippen LogP contribution >= 0.6 is 0 Å². The molecule has 4 N–H and O–H groups in total. The number of carboxylic acid groups (broad SMARTS) is 2. The second-order valence-corrected chi connectivity index (χ2v) is 2.94. The molecule has 80 valence electrons. The van der Waals surface area contributed by atoms with Crippen molar-refractivity contribution in [2.45, 2.75) is 19.8 Å². The predicted molar refractivity (Wildman–Crippen MR) is 50.2 cm³/mol. The molecule has 0 aromatic heterocycles. The topological polar surface area (TPSA) is 113 Å². The minimum atomic E-state index is -1.12. The minimum Gasteiger partial charge on any atom is -0.481 e. The lowest BCUT2D eigenvalue weighted by Gasteiger charge is -2.07. The van der Waals surface area contributed by atoms with Crippen LogP contribution in [-0.2, 0) is 9.59 Å². The lowest BCUT2D eigenvalue weighted by molar-refractivity contribution is -0.148. The van der Waals surface area contributed by atoms with Crippen LogP contribution in [-0.4, -0.2) is 34.5 Å². The molecule has 0 aliphatic rings. The van der Waals surface area contributed by atoms with E-state index in [-0.39, 0.29) is 19.4 Å². The molecule has 0 bridgehead atoms. The zero-order valence-electron chi connectivity index (χ0n) is 7.93. The van der Waals surface area contributed by atoms with E-state index in [0.29, 0.717) is 5.84 Å². The highest BCUT2D eigenvalue weighted by atomic mass is 16.4. The first-order chi connectivity index (χ1) is 6.43. The lowest BCUT2D eigenvalue weighted by Crippen LogP contribution is -2.19. The van der Waals surface area contributed by atoms with Crippen molar-refractivity contribution in [2.75, 3.05) is 6.54 Å². The molecular formula is C8H14N2O4. The molecule has 0 fully saturated rings. The summed E-state index contributed by atoms with van der Waals surface area (Å²) in [5, 5.41) is 17.1. The Morgan fingerprint density at radius 3 is 2.36 bits per heavy atom. The van der Waals surface area contributed by atoms with E-state index in [0.717, 1.165) is 0 Å². The molecule has 1 unspecified atom stereocenters. The third-order valence-corrected chi connectivity index (χ3v) is 1.61. The monoisotopic (exact) mass is 202 g/mol. The summed E-state index contributed by atoms with van der Waals surface area (Å²) >= 11 is 0. The van der Waals surface area contributed by atoms with E-state index in [9.17, 15) is 9.59 Å². The first-order valence-electron chi connectivity index (χ1n) is 4.14. The van der Waals surface area contributed by atoms with Crippen molar-refractivity contribution in [1.29, 1.82) is 0 Å². The summed E-state index contributed by atoms with van der Waals surface area (Å²) in [6.07, 6.45) is -0.190. The van der Waals surface area contributed by atoms with Crippen molar-refractivity contribution in [1.82, 2.24) is 0 Å². The first kappa shape index (κ1) is 12.4. The van der Waals surface area contributed by atoms with Crippen molar-refractivity contribution in [3.05, 3.63) is 0 Å². The molecule has 0 saturated heterocycles. The predicted octanol–water partition coefficient (Wildman–Crippen LogP) is -0.0709. The van der Waals surface area contributed by atoms with E-state index >= 15 is 0 Å². The maximum absolute atomic E-state index is 10.6. The summed E-state index contributed by atoms with van der Waals surface area (Å²) < 4.78 is 0. The van der Waals surface area contributed by atoms with Gasteiger partial charge in [-0.05, 0) is 13.3 Å². The first-order valence-corrected chi connectivity index (χ1v) is 4.14. The summed E-state index contributed by atoms with van der Waals surface area (Å²) in [5.74, 6) is -2.76. The minimum absolute atomic E-state index is 0.191. The van der Waals surface area contributed by atoms with Crippen LogP contribution in [0.25, 0.3) is 0 Å². The molecular weight excluding hydrogens is 188 g/mol. The molecule has 0 aliphatic heterocycles. The van der Waals surface area contributed by atoms with Crippen LogP contribution in [0.3, 0.4) is 0 Å². The van der Waals surface area contributed by atoms with E-state index < -0.39 is 17.9 Å². The number of amidine groups is 1. The molecule has 0 aromatic rings. The fourth-order valence-corrected chi connectivity index (χ4v) is 0.920. The van der Waals surface area contributed by atoms with E-state index in [4.69, 9.17) is 15.9 Å². The number of rotatable bonds is 6. The Morgan fingerprint density at radius 2 is 2.00 bits per heavy atom. The molecule has 0 saturated carbocycles. The summed E-state index contributed by atoms with van der Waals surface area (Å²) in [6, 6.07) is 0. The molecule has 1 atom stereocenters. The largest absolute Gasteiger partial charge is 0.481 e. The highest BCUT2D eigenvalue weighted by Crippen LogP contribution is 2.08. The van der Waals surface area contributed by atoms with Crippen molar-refractivity contribution in [3.8, 4) is 0 Å². The average Bonchev–Trinajstić information content (AvgIpc) is 2.00. The maximum atomic E-state index is 10.6. The van der Waals surface area contributed by atoms with Crippen LogP contribution < -0.4 is 5.73 Å². The number of hydrogen-bond donors (Lipinski definition) is 3. The van der Waals surface area contributed by atoms with Gasteiger partial charge in [-0.15, -0.1) is 0 Å². The third kappa shape index (κ3) is 5.99. The van der Waals surface area contributed by atoms with Gasteiger partial charge in [0.1, 0.15) is 0 Å². The van der Waals surface area contributed by atoms with Crippen LogP contribution in [0, 0.1) is 5.92 Å². The van der Waals surface area contributed by atoms with Gasteiger partial charge in [0.2, 0.25) is 0 Å². The number of hydrogen-bond acceptors (Lipinski definition) is 3. The zero-order chi connectivity index (χ0) is 11.1. The highest BCUT2D eigenvalue weighted by molar-refractivity contribution is 5.78. The van der Waals surface area contributed by atoms with Crippen LogP contribution in [0.4, 0.5) is 0 Å². The Labute approximate surface area is 81.4 Å². The van der Waals surface area contributed by atoms with Gasteiger partial charge in [0.15, 0.2) is 0 Å². The highest BCUT2D eigenvalue weighted by Gasteiger charge is 2.20. The quantitative estimate of drug-likeness (QED) is 0.412. The number of nitrogens with zero attached hydrogens (tertiary/aromatic N) is 1. The Hall–Kier alpha value is -1.59. The molecule has 0 amide bonds. The van der Waals surface area contributed by atoms with Gasteiger partial charge in [0, 0.05) is 6.54 Å². The third-order valence-electron chi connectivity index (χ3n) is 1.61. The van der Waals surface area contributed by atoms with Gasteiger partial charge in [0.05, 0.1) is 18.2 Å². The van der Waals surface area contributed by atoms with Gasteiger partial charge < -0.3 is 15.9 Å². The number of nitrogens with two attached hydrogens (primary N) is 1. The van der Waals surface area contributed by atoms with E-state index in [1.165, 1.54) is 0 Å². The smallest absolute Gasteiger partial charge is 0.307 e. The van der Waals surface area contributed by atoms with Gasteiger partial charge in [-0.3, -0.25) is 14.6 Å². The summed E-state index contributed by atoms with van der Waals surface area (Å²) in [6.45, 7) is 1.83. The van der Waals surface area contributed by atoms with Crippen molar-refractivity contribution in [3.63, 3.8) is 0 Å². The van der Waals surface area contributed by atoms with Gasteiger partial charge in [-0.1, -0.05) is 0 Å². The molecule has 0 radical (unpaired) electrons. The van der Waals surface area contributed by atoms with Crippen LogP contribution in [0.15, 0.2) is 4.99 Å². The number of carboxylic acids is 2. The Kier molecular flexibility index (Phi) is 5.28. The summed E-state index contributed by atoms with van der Waals surface area (Å²) in [7, 11) is 0. The lowest BCUT2D eigenvalue weighted by atomic mass is 10.0. The molecule has 0 heterocycles. The van der Waals surface area contributed by atoms with Crippen molar-refractivity contribution in [2.24, 2.45) is 16.6 Å². The average molecular weight is 202 g/mol. The molecule has 14 heavy (non-hydrogen) atoms. The summed E-state index contributed by atoms with van der Waals surface area (Å²) in [5.41, 5.74) is 5.24. The van der Waals surface area contributed by atoms with E-state index in [1.807, 2.05) is 0 Å². The van der Waals surface area contributed by atoms with Gasteiger partial charge in [-0.25, -0.2) is 0 Å². The zero-order valence-corrected chi connectivity index (χ0v) is 7.93. The number of aliphatic imine (C=N–C) groups is 1. The second kappa shape index (κ2) is 5.95. The molecule has 0 aromatic carbocycles. The number of carbonyl (C=O) groups is 2. The molecule has 6 nitrogen and oxygen atoms in total. The maximum Gasteiger partial charge on any atom is 0.307 e. The normalized spacial score (nSPS) is 13.6. The van der Waals surface area contributed by atoms with Crippen LogP contribution in [0.5, 0.6) is 0 Å². The summed E-state index contributed by atoms with van der Waals surface area (Å²) in [4.78, 5) is 24.6. The molecule has 0 aliphatic carbocycles. The van der Waals surface area contributed by atoms with Crippen molar-refractivity contribution < 1.29 is 19.8 Å². The molecule has 0 rings (SSSR count). The van der Waals surface area contributed by atoms with E-state index in [1.54, 1.807) is 6.92 Å². The standard InChI is InChI=1S/C8H14N2O4/c1-5(9)10-3-2-6(8(13)14)4-7(11)12/h6H,2-4H2,1H3,(H2,9,10)(H,11,12)(H,13,14). The Balaban J connectivity index is 4.04. The SMILES string of the molecule is CC(N)=NCCC(CC(=O)O)C(=O)O. The Morgan fingerprint density at radius 1 is 1.43 bits per heavy atom. The molecule has 6 heteroatoms. The number of aliphatic carboxylic acids is 2. The fraction of sp³-hybridized carbons (Fsp3) is 0.625. The Bertz CT molecular complexity index is 246. The van der Waals surface area contributed by atoms with Crippen LogP contribution in [0.1, 0.15) is 19.8 Å². The van der Waals surface area contributed by atoms with Gasteiger partial charge in [-0.2, -0.15) is 0 Å². The van der Waals surface area contributed by atoms with Gasteiger partial charge in [0.25, 0.3) is 0 Å². The van der Waals surface area contributed by atoms with Crippen molar-refractivity contribution >= 4 is 17.8 Å². The van der Waals surface area contributed by atoms with Crippen LogP contribution in [0.2, 0.25) is 0 Å². The molecule has 0 spiro atoms. The second-order valence-electron chi connectivity index (χ2n) is 2.94.